The summed E-state index contributed by atoms with van der Waals surface area (Å²) in [6.07, 6.45) is 7.17. The maximum absolute atomic E-state index is 12.4. The summed E-state index contributed by atoms with van der Waals surface area (Å²) in [5, 5.41) is 0. The van der Waals surface area contributed by atoms with E-state index in [0.29, 0.717) is 5.56 Å². The summed E-state index contributed by atoms with van der Waals surface area (Å²) in [5.41, 5.74) is 0.671. The van der Waals surface area contributed by atoms with E-state index in [4.69, 9.17) is 0 Å². The number of pyridine rings is 1. The average Bonchev–Trinajstić information content (AvgIpc) is 2.99. The zero-order valence-electron chi connectivity index (χ0n) is 12.9. The number of hydrogen-bond acceptors (Lipinski definition) is 4. The van der Waals surface area contributed by atoms with E-state index in [2.05, 4.69) is 19.4 Å². The summed E-state index contributed by atoms with van der Waals surface area (Å²) in [5.74, 6) is 1.13. The highest BCUT2D eigenvalue weighted by Crippen LogP contribution is 2.08. The first-order valence-electron chi connectivity index (χ1n) is 7.63. The van der Waals surface area contributed by atoms with E-state index in [1.807, 2.05) is 30.3 Å². The van der Waals surface area contributed by atoms with Gasteiger partial charge in [0.05, 0.1) is 5.56 Å². The molecular weight excluding hydrogens is 278 g/mol. The van der Waals surface area contributed by atoms with Gasteiger partial charge in [-0.25, -0.2) is 4.98 Å². The van der Waals surface area contributed by atoms with Crippen LogP contribution < -0.4 is 0 Å². The monoisotopic (exact) mass is 299 g/mol. The number of imidazole rings is 1. The molecule has 2 aromatic heterocycles. The van der Waals surface area contributed by atoms with Crippen LogP contribution in [0.25, 0.3) is 0 Å². The molecule has 0 unspecified atom stereocenters. The highest BCUT2D eigenvalue weighted by Gasteiger charge is 2.21. The fourth-order valence-corrected chi connectivity index (χ4v) is 2.74. The molecule has 6 heteroatoms. The van der Waals surface area contributed by atoms with Gasteiger partial charge < -0.3 is 9.47 Å². The van der Waals surface area contributed by atoms with Crippen molar-refractivity contribution in [2.45, 2.75) is 13.5 Å². The third-order valence-corrected chi connectivity index (χ3v) is 4.15. The van der Waals surface area contributed by atoms with E-state index in [1.54, 1.807) is 18.5 Å². The maximum atomic E-state index is 12.4. The van der Waals surface area contributed by atoms with Gasteiger partial charge in [0.1, 0.15) is 5.82 Å². The number of aryl methyl sites for hydroxylation is 1. The van der Waals surface area contributed by atoms with Crippen LogP contribution in [0.4, 0.5) is 0 Å². The Morgan fingerprint density at radius 2 is 2.00 bits per heavy atom. The van der Waals surface area contributed by atoms with Crippen LogP contribution in [0.3, 0.4) is 0 Å². The molecule has 1 saturated heterocycles. The topological polar surface area (TPSA) is 54.3 Å². The van der Waals surface area contributed by atoms with E-state index >= 15 is 0 Å². The van der Waals surface area contributed by atoms with Crippen LogP contribution in [0, 0.1) is 6.92 Å². The third-order valence-electron chi connectivity index (χ3n) is 4.15. The number of rotatable bonds is 4. The average molecular weight is 299 g/mol. The SMILES string of the molecule is Cc1nccn1CCN1CCN(C(=O)c2cccnc2)CC1. The van der Waals surface area contributed by atoms with E-state index < -0.39 is 0 Å². The molecule has 1 aliphatic heterocycles. The van der Waals surface area contributed by atoms with Gasteiger partial charge in [-0.15, -0.1) is 0 Å². The second-order valence-corrected chi connectivity index (χ2v) is 5.54. The van der Waals surface area contributed by atoms with Crippen molar-refractivity contribution in [3.8, 4) is 0 Å². The molecule has 0 saturated carbocycles. The lowest BCUT2D eigenvalue weighted by Gasteiger charge is -2.34. The number of aromatic nitrogens is 3. The second kappa shape index (κ2) is 6.70. The Balaban J connectivity index is 1.48. The smallest absolute Gasteiger partial charge is 0.255 e. The summed E-state index contributed by atoms with van der Waals surface area (Å²) in [7, 11) is 0. The number of amides is 1. The Morgan fingerprint density at radius 1 is 1.18 bits per heavy atom. The minimum Gasteiger partial charge on any atom is -0.336 e. The molecule has 6 nitrogen and oxygen atoms in total. The van der Waals surface area contributed by atoms with Crippen LogP contribution in [0.2, 0.25) is 0 Å². The van der Waals surface area contributed by atoms with Gasteiger partial charge in [-0.3, -0.25) is 14.7 Å². The number of carbonyl (C=O) groups is 1. The van der Waals surface area contributed by atoms with E-state index in [9.17, 15) is 4.79 Å². The van der Waals surface area contributed by atoms with Crippen molar-refractivity contribution in [2.75, 3.05) is 32.7 Å². The predicted molar refractivity (Wildman–Crippen MR) is 83.5 cm³/mol. The van der Waals surface area contributed by atoms with Crippen molar-refractivity contribution in [1.29, 1.82) is 0 Å². The molecule has 2 aromatic rings. The van der Waals surface area contributed by atoms with Gasteiger partial charge in [0, 0.05) is 64.1 Å². The second-order valence-electron chi connectivity index (χ2n) is 5.54. The van der Waals surface area contributed by atoms with E-state index in [1.165, 1.54) is 0 Å². The molecule has 0 radical (unpaired) electrons. The fraction of sp³-hybridized carbons (Fsp3) is 0.438. The summed E-state index contributed by atoms with van der Waals surface area (Å²) >= 11 is 0. The van der Waals surface area contributed by atoms with Crippen molar-refractivity contribution in [2.24, 2.45) is 0 Å². The minimum absolute atomic E-state index is 0.0817. The first-order valence-corrected chi connectivity index (χ1v) is 7.63. The fourth-order valence-electron chi connectivity index (χ4n) is 2.74. The molecule has 0 N–H and O–H groups in total. The van der Waals surface area contributed by atoms with Crippen molar-refractivity contribution in [3.05, 3.63) is 48.3 Å². The standard InChI is InChI=1S/C16H21N5O/c1-14-18-5-6-20(14)10-7-19-8-11-21(12-9-19)16(22)15-3-2-4-17-13-15/h2-6,13H,7-12H2,1H3. The number of piperazine rings is 1. The molecule has 0 atom stereocenters. The lowest BCUT2D eigenvalue weighted by Crippen LogP contribution is -2.49. The number of nitrogens with zero attached hydrogens (tertiary/aromatic N) is 5. The molecule has 0 spiro atoms. The maximum Gasteiger partial charge on any atom is 0.255 e. The van der Waals surface area contributed by atoms with E-state index in [0.717, 1.165) is 45.1 Å². The van der Waals surface area contributed by atoms with Gasteiger partial charge in [0.25, 0.3) is 5.91 Å². The van der Waals surface area contributed by atoms with Crippen molar-refractivity contribution in [1.82, 2.24) is 24.3 Å². The molecule has 3 rings (SSSR count). The molecular formula is C16H21N5O. The first-order chi connectivity index (χ1) is 10.7. The van der Waals surface area contributed by atoms with Crippen LogP contribution in [0.15, 0.2) is 36.9 Å². The summed E-state index contributed by atoms with van der Waals surface area (Å²) in [4.78, 5) is 24.9. The highest BCUT2D eigenvalue weighted by atomic mass is 16.2. The summed E-state index contributed by atoms with van der Waals surface area (Å²) < 4.78 is 2.16. The van der Waals surface area contributed by atoms with Crippen LogP contribution in [0.1, 0.15) is 16.2 Å². The minimum atomic E-state index is 0.0817. The normalized spacial score (nSPS) is 16.0. The van der Waals surface area contributed by atoms with Crippen molar-refractivity contribution >= 4 is 5.91 Å². The van der Waals surface area contributed by atoms with E-state index in [-0.39, 0.29) is 5.91 Å². The molecule has 22 heavy (non-hydrogen) atoms. The molecule has 116 valence electrons. The Morgan fingerprint density at radius 3 is 2.64 bits per heavy atom. The Kier molecular flexibility index (Phi) is 4.48. The van der Waals surface area contributed by atoms with Crippen LogP contribution in [-0.4, -0.2) is 63.0 Å². The van der Waals surface area contributed by atoms with Crippen LogP contribution in [0.5, 0.6) is 0 Å². The molecule has 0 aliphatic carbocycles. The first kappa shape index (κ1) is 14.7. The van der Waals surface area contributed by atoms with Crippen LogP contribution in [-0.2, 0) is 6.54 Å². The molecule has 1 fully saturated rings. The molecule has 1 amide bonds. The van der Waals surface area contributed by atoms with Crippen LogP contribution >= 0.6 is 0 Å². The quantitative estimate of drug-likeness (QED) is 0.846. The van der Waals surface area contributed by atoms with Gasteiger partial charge in [-0.1, -0.05) is 0 Å². The lowest BCUT2D eigenvalue weighted by atomic mass is 10.2. The highest BCUT2D eigenvalue weighted by molar-refractivity contribution is 5.93. The Labute approximate surface area is 130 Å². The van der Waals surface area contributed by atoms with Gasteiger partial charge >= 0.3 is 0 Å². The molecule has 1 aliphatic rings. The van der Waals surface area contributed by atoms with Gasteiger partial charge in [0.15, 0.2) is 0 Å². The summed E-state index contributed by atoms with van der Waals surface area (Å²) in [6, 6.07) is 3.63. The third kappa shape index (κ3) is 3.33. The summed E-state index contributed by atoms with van der Waals surface area (Å²) in [6.45, 7) is 7.34. The number of hydrogen-bond donors (Lipinski definition) is 0. The number of carbonyl (C=O) groups excluding carboxylic acids is 1. The largest absolute Gasteiger partial charge is 0.336 e. The van der Waals surface area contributed by atoms with Gasteiger partial charge in [-0.05, 0) is 19.1 Å². The Hall–Kier alpha value is -2.21. The van der Waals surface area contributed by atoms with Gasteiger partial charge in [0.2, 0.25) is 0 Å². The molecule has 0 bridgehead atoms. The van der Waals surface area contributed by atoms with Crippen molar-refractivity contribution < 1.29 is 4.79 Å². The predicted octanol–water partition coefficient (Wildman–Crippen LogP) is 1.04. The zero-order chi connectivity index (χ0) is 15.4. The lowest BCUT2D eigenvalue weighted by molar-refractivity contribution is 0.0632. The van der Waals surface area contributed by atoms with Crippen molar-refractivity contribution in [3.63, 3.8) is 0 Å². The molecule has 0 aromatic carbocycles. The van der Waals surface area contributed by atoms with Gasteiger partial charge in [-0.2, -0.15) is 0 Å². The Bertz CT molecular complexity index is 616. The molecule has 3 heterocycles. The zero-order valence-corrected chi connectivity index (χ0v) is 12.9.